The zero-order valence-electron chi connectivity index (χ0n) is 12.9. The summed E-state index contributed by atoms with van der Waals surface area (Å²) in [5.74, 6) is 0.629. The van der Waals surface area contributed by atoms with Crippen LogP contribution >= 0.6 is 0 Å². The minimum atomic E-state index is -4.26. The van der Waals surface area contributed by atoms with Gasteiger partial charge in [-0.05, 0) is 50.0 Å². The van der Waals surface area contributed by atoms with Crippen LogP contribution in [0.25, 0.3) is 0 Å². The third kappa shape index (κ3) is 7.48. The van der Waals surface area contributed by atoms with Crippen LogP contribution in [0, 0.1) is 5.92 Å². The average molecular weight is 302 g/mol. The van der Waals surface area contributed by atoms with E-state index < -0.39 is 11.7 Å². The van der Waals surface area contributed by atoms with Crippen LogP contribution in [-0.2, 0) is 12.6 Å². The van der Waals surface area contributed by atoms with Crippen molar-refractivity contribution in [2.45, 2.75) is 39.4 Å². The molecule has 0 aromatic heterocycles. The van der Waals surface area contributed by atoms with Gasteiger partial charge in [-0.2, -0.15) is 13.2 Å². The summed E-state index contributed by atoms with van der Waals surface area (Å²) in [6.07, 6.45) is -3.53. The monoisotopic (exact) mass is 302 g/mol. The molecule has 0 aliphatic heterocycles. The third-order valence-corrected chi connectivity index (χ3v) is 3.19. The van der Waals surface area contributed by atoms with Crippen molar-refractivity contribution < 1.29 is 13.2 Å². The summed E-state index contributed by atoms with van der Waals surface area (Å²) in [5.41, 5.74) is 0.323. The molecule has 0 radical (unpaired) electrons. The summed E-state index contributed by atoms with van der Waals surface area (Å²) in [4.78, 5) is 0. The summed E-state index contributed by atoms with van der Waals surface area (Å²) in [6, 6.07) is 5.72. The molecule has 5 heteroatoms. The van der Waals surface area contributed by atoms with Crippen molar-refractivity contribution in [3.8, 4) is 0 Å². The molecule has 0 fully saturated rings. The van der Waals surface area contributed by atoms with Gasteiger partial charge in [0.15, 0.2) is 0 Å². The second kappa shape index (κ2) is 8.39. The fourth-order valence-electron chi connectivity index (χ4n) is 1.98. The average Bonchev–Trinajstić information content (AvgIpc) is 2.38. The van der Waals surface area contributed by atoms with E-state index >= 15 is 0 Å². The molecule has 0 amide bonds. The number of hydrogen-bond acceptors (Lipinski definition) is 2. The highest BCUT2D eigenvalue weighted by Gasteiger charge is 2.29. The highest BCUT2D eigenvalue weighted by molar-refractivity contribution is 5.24. The molecule has 1 atom stereocenters. The predicted octanol–water partition coefficient (Wildman–Crippen LogP) is 3.47. The van der Waals surface area contributed by atoms with Crippen LogP contribution < -0.4 is 10.6 Å². The molecule has 0 aliphatic carbocycles. The molecule has 1 rings (SSSR count). The molecule has 0 heterocycles. The highest BCUT2D eigenvalue weighted by atomic mass is 19.4. The van der Waals surface area contributed by atoms with Crippen LogP contribution in [0.4, 0.5) is 13.2 Å². The Kier molecular flexibility index (Phi) is 7.18. The van der Waals surface area contributed by atoms with Crippen molar-refractivity contribution in [1.82, 2.24) is 10.6 Å². The summed E-state index contributed by atoms with van der Waals surface area (Å²) < 4.78 is 37.3. The lowest BCUT2D eigenvalue weighted by Crippen LogP contribution is -2.38. The molecule has 0 saturated heterocycles. The van der Waals surface area contributed by atoms with Gasteiger partial charge in [-0.1, -0.05) is 26.0 Å². The Bertz CT molecular complexity index is 399. The smallest absolute Gasteiger partial charge is 0.315 e. The zero-order chi connectivity index (χ0) is 15.9. The first-order chi connectivity index (χ1) is 9.79. The fraction of sp³-hybridized carbons (Fsp3) is 0.625. The van der Waals surface area contributed by atoms with Gasteiger partial charge in [0.2, 0.25) is 0 Å². The van der Waals surface area contributed by atoms with E-state index in [2.05, 4.69) is 31.4 Å². The van der Waals surface area contributed by atoms with E-state index in [9.17, 15) is 13.2 Å². The minimum absolute atomic E-state index is 0.346. The molecule has 21 heavy (non-hydrogen) atoms. The van der Waals surface area contributed by atoms with Crippen molar-refractivity contribution in [3.63, 3.8) is 0 Å². The number of benzene rings is 1. The standard InChI is InChI=1S/C16H25F3N2/c1-12(2)10-20-11-13(3)21-9-8-14-4-6-15(7-5-14)16(17,18)19/h4-7,12-13,20-21H,8-11H2,1-3H3. The van der Waals surface area contributed by atoms with Gasteiger partial charge in [-0.25, -0.2) is 0 Å². The summed E-state index contributed by atoms with van der Waals surface area (Å²) >= 11 is 0. The molecular formula is C16H25F3N2. The Hall–Kier alpha value is -1.07. The molecule has 0 aliphatic rings. The molecule has 2 N–H and O–H groups in total. The number of hydrogen-bond donors (Lipinski definition) is 2. The molecular weight excluding hydrogens is 277 g/mol. The Morgan fingerprint density at radius 1 is 1.00 bits per heavy atom. The Labute approximate surface area is 125 Å². The molecule has 1 aromatic rings. The highest BCUT2D eigenvalue weighted by Crippen LogP contribution is 2.29. The molecule has 0 saturated carbocycles. The van der Waals surface area contributed by atoms with Gasteiger partial charge in [-0.15, -0.1) is 0 Å². The van der Waals surface area contributed by atoms with E-state index in [1.807, 2.05) is 0 Å². The lowest BCUT2D eigenvalue weighted by Gasteiger charge is -2.16. The number of nitrogens with one attached hydrogen (secondary N) is 2. The van der Waals surface area contributed by atoms with Crippen molar-refractivity contribution in [2.24, 2.45) is 5.92 Å². The summed E-state index contributed by atoms with van der Waals surface area (Å²) in [7, 11) is 0. The van der Waals surface area contributed by atoms with Gasteiger partial charge < -0.3 is 10.6 Å². The van der Waals surface area contributed by atoms with E-state index in [1.54, 1.807) is 12.1 Å². The molecule has 2 nitrogen and oxygen atoms in total. The Balaban J connectivity index is 2.26. The van der Waals surface area contributed by atoms with Crippen LogP contribution in [0.5, 0.6) is 0 Å². The molecule has 1 aromatic carbocycles. The third-order valence-electron chi connectivity index (χ3n) is 3.19. The van der Waals surface area contributed by atoms with Crippen molar-refractivity contribution in [1.29, 1.82) is 0 Å². The lowest BCUT2D eigenvalue weighted by atomic mass is 10.1. The van der Waals surface area contributed by atoms with Crippen molar-refractivity contribution >= 4 is 0 Å². The number of rotatable bonds is 8. The van der Waals surface area contributed by atoms with Crippen LogP contribution in [0.1, 0.15) is 31.9 Å². The van der Waals surface area contributed by atoms with Gasteiger partial charge in [0, 0.05) is 12.6 Å². The van der Waals surface area contributed by atoms with E-state index in [1.165, 1.54) is 0 Å². The normalized spacial score (nSPS) is 13.7. The van der Waals surface area contributed by atoms with Gasteiger partial charge in [0.1, 0.15) is 0 Å². The van der Waals surface area contributed by atoms with Gasteiger partial charge >= 0.3 is 6.18 Å². The Morgan fingerprint density at radius 2 is 1.62 bits per heavy atom. The SMILES string of the molecule is CC(C)CNCC(C)NCCc1ccc(C(F)(F)F)cc1. The first-order valence-corrected chi connectivity index (χ1v) is 7.39. The number of halogens is 3. The predicted molar refractivity (Wildman–Crippen MR) is 80.3 cm³/mol. The van der Waals surface area contributed by atoms with Crippen LogP contribution in [0.2, 0.25) is 0 Å². The van der Waals surface area contributed by atoms with Crippen LogP contribution in [0.15, 0.2) is 24.3 Å². The molecule has 0 bridgehead atoms. The second-order valence-corrected chi connectivity index (χ2v) is 5.85. The van der Waals surface area contributed by atoms with Gasteiger partial charge in [0.25, 0.3) is 0 Å². The maximum absolute atomic E-state index is 12.4. The van der Waals surface area contributed by atoms with E-state index in [4.69, 9.17) is 0 Å². The van der Waals surface area contributed by atoms with Crippen LogP contribution in [-0.4, -0.2) is 25.7 Å². The van der Waals surface area contributed by atoms with Crippen molar-refractivity contribution in [2.75, 3.05) is 19.6 Å². The van der Waals surface area contributed by atoms with Crippen LogP contribution in [0.3, 0.4) is 0 Å². The fourth-order valence-corrected chi connectivity index (χ4v) is 1.98. The number of alkyl halides is 3. The largest absolute Gasteiger partial charge is 0.416 e. The molecule has 120 valence electrons. The minimum Gasteiger partial charge on any atom is -0.315 e. The summed E-state index contributed by atoms with van der Waals surface area (Å²) in [5, 5.41) is 6.73. The summed E-state index contributed by atoms with van der Waals surface area (Å²) in [6.45, 7) is 9.07. The lowest BCUT2D eigenvalue weighted by molar-refractivity contribution is -0.137. The van der Waals surface area contributed by atoms with Gasteiger partial charge in [-0.3, -0.25) is 0 Å². The maximum Gasteiger partial charge on any atom is 0.416 e. The van der Waals surface area contributed by atoms with Crippen molar-refractivity contribution in [3.05, 3.63) is 35.4 Å². The van der Waals surface area contributed by atoms with E-state index in [-0.39, 0.29) is 0 Å². The van der Waals surface area contributed by atoms with E-state index in [0.717, 1.165) is 43.8 Å². The first kappa shape index (κ1) is 18.0. The quantitative estimate of drug-likeness (QED) is 0.768. The maximum atomic E-state index is 12.4. The molecule has 0 spiro atoms. The molecule has 1 unspecified atom stereocenters. The zero-order valence-corrected chi connectivity index (χ0v) is 12.9. The van der Waals surface area contributed by atoms with Gasteiger partial charge in [0.05, 0.1) is 5.56 Å². The second-order valence-electron chi connectivity index (χ2n) is 5.85. The first-order valence-electron chi connectivity index (χ1n) is 7.39. The topological polar surface area (TPSA) is 24.1 Å². The van der Waals surface area contributed by atoms with E-state index in [0.29, 0.717) is 12.0 Å². The Morgan fingerprint density at radius 3 is 2.14 bits per heavy atom.